The number of carbonyl (C=O) groups is 1. The first kappa shape index (κ1) is 20.0. The number of nitrogens with zero attached hydrogens (tertiary/aromatic N) is 2. The highest BCUT2D eigenvalue weighted by Gasteiger charge is 2.31. The molecule has 1 amide bonds. The van der Waals surface area contributed by atoms with Crippen molar-refractivity contribution in [2.75, 3.05) is 11.1 Å². The van der Waals surface area contributed by atoms with Gasteiger partial charge in [0.2, 0.25) is 5.91 Å². The van der Waals surface area contributed by atoms with Gasteiger partial charge in [-0.05, 0) is 24.3 Å². The van der Waals surface area contributed by atoms with Crippen molar-refractivity contribution < 1.29 is 22.9 Å². The molecule has 0 radical (unpaired) electrons. The molecule has 0 spiro atoms. The van der Waals surface area contributed by atoms with Crippen molar-refractivity contribution in [3.05, 3.63) is 57.1 Å². The van der Waals surface area contributed by atoms with E-state index in [-0.39, 0.29) is 22.2 Å². The van der Waals surface area contributed by atoms with Gasteiger partial charge in [0.25, 0.3) is 5.69 Å². The number of nitro benzene ring substituents is 1. The van der Waals surface area contributed by atoms with Crippen LogP contribution in [0, 0.1) is 10.1 Å². The van der Waals surface area contributed by atoms with Crippen molar-refractivity contribution >= 4 is 51.7 Å². The van der Waals surface area contributed by atoms with Crippen LogP contribution in [-0.2, 0) is 11.0 Å². The number of alkyl halides is 3. The molecular formula is C16H10ClF3N4O3S. The first-order chi connectivity index (χ1) is 13.1. The molecule has 0 unspecified atom stereocenters. The second kappa shape index (κ2) is 7.68. The summed E-state index contributed by atoms with van der Waals surface area (Å²) in [7, 11) is 0. The molecule has 2 aromatic carbocycles. The zero-order valence-electron chi connectivity index (χ0n) is 13.7. The SMILES string of the molecule is O=C(CSc1nc2ccc([N+](=O)[O-])cc2[nH]1)Nc1cc(C(F)(F)F)ccc1Cl. The van der Waals surface area contributed by atoms with Crippen molar-refractivity contribution in [2.24, 2.45) is 0 Å². The number of nitro groups is 1. The molecule has 3 aromatic rings. The average molecular weight is 431 g/mol. The second-order valence-electron chi connectivity index (χ2n) is 5.53. The fraction of sp³-hybridized carbons (Fsp3) is 0.125. The molecule has 0 atom stereocenters. The zero-order chi connectivity index (χ0) is 20.5. The highest BCUT2D eigenvalue weighted by molar-refractivity contribution is 7.99. The number of nitrogens with one attached hydrogen (secondary N) is 2. The lowest BCUT2D eigenvalue weighted by atomic mass is 10.2. The van der Waals surface area contributed by atoms with Gasteiger partial charge in [-0.1, -0.05) is 23.4 Å². The lowest BCUT2D eigenvalue weighted by Crippen LogP contribution is -2.15. The fourth-order valence-electron chi connectivity index (χ4n) is 2.27. The van der Waals surface area contributed by atoms with Crippen LogP contribution < -0.4 is 5.32 Å². The third-order valence-corrected chi connectivity index (χ3v) is 4.77. The number of non-ortho nitro benzene ring substituents is 1. The van der Waals surface area contributed by atoms with Crippen LogP contribution in [0.5, 0.6) is 0 Å². The molecule has 2 N–H and O–H groups in total. The van der Waals surface area contributed by atoms with Crippen molar-refractivity contribution in [1.29, 1.82) is 0 Å². The van der Waals surface area contributed by atoms with Crippen molar-refractivity contribution in [3.8, 4) is 0 Å². The molecule has 0 saturated carbocycles. The molecular weight excluding hydrogens is 421 g/mol. The van der Waals surface area contributed by atoms with Gasteiger partial charge in [-0.15, -0.1) is 0 Å². The monoisotopic (exact) mass is 430 g/mol. The maximum absolute atomic E-state index is 12.8. The van der Waals surface area contributed by atoms with Crippen molar-refractivity contribution in [3.63, 3.8) is 0 Å². The van der Waals surface area contributed by atoms with Crippen LogP contribution in [0.3, 0.4) is 0 Å². The van der Waals surface area contributed by atoms with E-state index in [2.05, 4.69) is 15.3 Å². The number of thioether (sulfide) groups is 1. The molecule has 1 aromatic heterocycles. The van der Waals surface area contributed by atoms with Crippen LogP contribution >= 0.6 is 23.4 Å². The Labute approximate surface area is 164 Å². The van der Waals surface area contributed by atoms with E-state index in [1.165, 1.54) is 18.2 Å². The molecule has 0 bridgehead atoms. The van der Waals surface area contributed by atoms with Gasteiger partial charge in [0.05, 0.1) is 38.0 Å². The molecule has 0 saturated heterocycles. The second-order valence-corrected chi connectivity index (χ2v) is 6.90. The normalized spacial score (nSPS) is 11.6. The number of anilines is 1. The minimum atomic E-state index is -4.56. The van der Waals surface area contributed by atoms with E-state index in [4.69, 9.17) is 11.6 Å². The molecule has 0 aliphatic carbocycles. The summed E-state index contributed by atoms with van der Waals surface area (Å²) < 4.78 is 38.3. The van der Waals surface area contributed by atoms with E-state index in [0.29, 0.717) is 16.2 Å². The third-order valence-electron chi connectivity index (χ3n) is 3.56. The molecule has 146 valence electrons. The number of benzene rings is 2. The third kappa shape index (κ3) is 4.54. The number of rotatable bonds is 5. The topological polar surface area (TPSA) is 101 Å². The minimum absolute atomic E-state index is 0.0256. The van der Waals surface area contributed by atoms with Crippen LogP contribution in [0.15, 0.2) is 41.6 Å². The number of carbonyl (C=O) groups excluding carboxylic acids is 1. The molecule has 3 rings (SSSR count). The molecule has 7 nitrogen and oxygen atoms in total. The smallest absolute Gasteiger partial charge is 0.333 e. The number of halogens is 4. The van der Waals surface area contributed by atoms with Gasteiger partial charge in [-0.25, -0.2) is 4.98 Å². The number of amides is 1. The minimum Gasteiger partial charge on any atom is -0.333 e. The predicted octanol–water partition coefficient (Wildman–Crippen LogP) is 4.87. The van der Waals surface area contributed by atoms with Crippen LogP contribution in [0.4, 0.5) is 24.5 Å². The Morgan fingerprint density at radius 1 is 1.29 bits per heavy atom. The lowest BCUT2D eigenvalue weighted by molar-refractivity contribution is -0.384. The Bertz CT molecular complexity index is 1070. The molecule has 28 heavy (non-hydrogen) atoms. The summed E-state index contributed by atoms with van der Waals surface area (Å²) in [5.41, 5.74) is -0.279. The Balaban J connectivity index is 1.68. The predicted molar refractivity (Wildman–Crippen MR) is 98.6 cm³/mol. The fourth-order valence-corrected chi connectivity index (χ4v) is 3.12. The summed E-state index contributed by atoms with van der Waals surface area (Å²) >= 11 is 6.83. The average Bonchev–Trinajstić information content (AvgIpc) is 3.03. The summed E-state index contributed by atoms with van der Waals surface area (Å²) in [5, 5.41) is 13.4. The van der Waals surface area contributed by atoms with Gasteiger partial charge in [0.1, 0.15) is 0 Å². The molecule has 0 fully saturated rings. The Hall–Kier alpha value is -2.79. The zero-order valence-corrected chi connectivity index (χ0v) is 15.3. The van der Waals surface area contributed by atoms with E-state index in [0.717, 1.165) is 30.0 Å². The molecule has 1 heterocycles. The van der Waals surface area contributed by atoms with E-state index in [1.807, 2.05) is 0 Å². The maximum Gasteiger partial charge on any atom is 0.416 e. The summed E-state index contributed by atoms with van der Waals surface area (Å²) in [5.74, 6) is -0.744. The Morgan fingerprint density at radius 2 is 2.04 bits per heavy atom. The first-order valence-electron chi connectivity index (χ1n) is 7.57. The summed E-state index contributed by atoms with van der Waals surface area (Å²) in [4.78, 5) is 29.3. The lowest BCUT2D eigenvalue weighted by Gasteiger charge is -2.11. The number of fused-ring (bicyclic) bond motifs is 1. The number of hydrogen-bond donors (Lipinski definition) is 2. The number of aromatic nitrogens is 2. The highest BCUT2D eigenvalue weighted by Crippen LogP contribution is 2.34. The van der Waals surface area contributed by atoms with Crippen LogP contribution in [0.25, 0.3) is 11.0 Å². The van der Waals surface area contributed by atoms with Crippen molar-refractivity contribution in [1.82, 2.24) is 9.97 Å². The number of hydrogen-bond acceptors (Lipinski definition) is 5. The van der Waals surface area contributed by atoms with Crippen LogP contribution in [0.2, 0.25) is 5.02 Å². The quantitative estimate of drug-likeness (QED) is 0.341. The molecule has 0 aliphatic heterocycles. The van der Waals surface area contributed by atoms with Gasteiger partial charge < -0.3 is 10.3 Å². The van der Waals surface area contributed by atoms with Gasteiger partial charge >= 0.3 is 6.18 Å². The van der Waals surface area contributed by atoms with E-state index in [9.17, 15) is 28.1 Å². The van der Waals surface area contributed by atoms with E-state index < -0.39 is 22.6 Å². The van der Waals surface area contributed by atoms with Gasteiger partial charge in [-0.3, -0.25) is 14.9 Å². The van der Waals surface area contributed by atoms with E-state index >= 15 is 0 Å². The molecule has 12 heteroatoms. The summed E-state index contributed by atoms with van der Waals surface area (Å²) in [6.07, 6.45) is -4.56. The maximum atomic E-state index is 12.8. The first-order valence-corrected chi connectivity index (χ1v) is 8.93. The van der Waals surface area contributed by atoms with Crippen LogP contribution in [-0.4, -0.2) is 26.6 Å². The number of H-pyrrole nitrogens is 1. The van der Waals surface area contributed by atoms with Gasteiger partial charge in [0, 0.05) is 12.1 Å². The standard InChI is InChI=1S/C16H10ClF3N4O3S/c17-10-3-1-8(16(18,19)20)5-12(10)21-14(25)7-28-15-22-11-4-2-9(24(26)27)6-13(11)23-15/h1-6H,7H2,(H,21,25)(H,22,23). The van der Waals surface area contributed by atoms with E-state index in [1.54, 1.807) is 0 Å². The van der Waals surface area contributed by atoms with Crippen molar-refractivity contribution in [2.45, 2.75) is 11.3 Å². The van der Waals surface area contributed by atoms with Gasteiger partial charge in [-0.2, -0.15) is 13.2 Å². The largest absolute Gasteiger partial charge is 0.416 e. The van der Waals surface area contributed by atoms with Crippen LogP contribution in [0.1, 0.15) is 5.56 Å². The number of aromatic amines is 1. The molecule has 0 aliphatic rings. The summed E-state index contributed by atoms with van der Waals surface area (Å²) in [6.45, 7) is 0. The summed E-state index contributed by atoms with van der Waals surface area (Å²) in [6, 6.07) is 6.72. The number of imidazole rings is 1. The highest BCUT2D eigenvalue weighted by atomic mass is 35.5. The Morgan fingerprint density at radius 3 is 2.71 bits per heavy atom. The Kier molecular flexibility index (Phi) is 5.47. The van der Waals surface area contributed by atoms with Gasteiger partial charge in [0.15, 0.2) is 5.16 Å².